The molecule has 1 atom stereocenters. The van der Waals surface area contributed by atoms with Crippen molar-refractivity contribution >= 4 is 0 Å². The molecule has 3 nitrogen and oxygen atoms in total. The first-order chi connectivity index (χ1) is 5.70. The largest absolute Gasteiger partial charge is 0.368 e. The summed E-state index contributed by atoms with van der Waals surface area (Å²) >= 11 is 0. The first-order valence-corrected chi connectivity index (χ1v) is 3.95. The maximum absolute atomic E-state index is 8.82. The van der Waals surface area contributed by atoms with Crippen LogP contribution in [0.25, 0.3) is 0 Å². The molecule has 0 aliphatic carbocycles. The predicted molar refractivity (Wildman–Crippen MR) is 45.3 cm³/mol. The maximum Gasteiger partial charge on any atom is 0.154 e. The molecule has 0 aliphatic rings. The van der Waals surface area contributed by atoms with E-state index in [1.807, 2.05) is 12.1 Å². The lowest BCUT2D eigenvalue weighted by Gasteiger charge is -2.12. The van der Waals surface area contributed by atoms with Crippen LogP contribution < -0.4 is 0 Å². The summed E-state index contributed by atoms with van der Waals surface area (Å²) in [6, 6.07) is 3.76. The van der Waals surface area contributed by atoms with E-state index in [1.165, 1.54) is 0 Å². The van der Waals surface area contributed by atoms with E-state index in [1.54, 1.807) is 19.3 Å². The lowest BCUT2D eigenvalue weighted by Crippen LogP contribution is -2.18. The Hall–Kier alpha value is -0.930. The number of hydrogen-bond donors (Lipinski definition) is 2. The van der Waals surface area contributed by atoms with Crippen molar-refractivity contribution in [3.05, 3.63) is 30.1 Å². The summed E-state index contributed by atoms with van der Waals surface area (Å²) in [7, 11) is 0. The monoisotopic (exact) mass is 167 g/mol. The van der Waals surface area contributed by atoms with Gasteiger partial charge in [0.05, 0.1) is 0 Å². The van der Waals surface area contributed by atoms with Crippen molar-refractivity contribution in [2.75, 3.05) is 0 Å². The van der Waals surface area contributed by atoms with Crippen molar-refractivity contribution in [2.24, 2.45) is 5.92 Å². The molecule has 0 amide bonds. The van der Waals surface area contributed by atoms with E-state index in [0.29, 0.717) is 6.42 Å². The van der Waals surface area contributed by atoms with Crippen LogP contribution in [-0.4, -0.2) is 21.5 Å². The first kappa shape index (κ1) is 9.16. The summed E-state index contributed by atoms with van der Waals surface area (Å²) in [5.74, 6) is -0.144. The van der Waals surface area contributed by atoms with Crippen LogP contribution in [0.5, 0.6) is 0 Å². The van der Waals surface area contributed by atoms with Gasteiger partial charge in [-0.1, -0.05) is 13.0 Å². The Morgan fingerprint density at radius 3 is 2.75 bits per heavy atom. The second-order valence-corrected chi connectivity index (χ2v) is 2.96. The minimum Gasteiger partial charge on any atom is -0.368 e. The van der Waals surface area contributed by atoms with E-state index < -0.39 is 6.29 Å². The number of aliphatic hydroxyl groups excluding tert-OH is 1. The zero-order chi connectivity index (χ0) is 8.97. The molecule has 1 rings (SSSR count). The molecule has 0 bridgehead atoms. The fraction of sp³-hybridized carbons (Fsp3) is 0.444. The second-order valence-electron chi connectivity index (χ2n) is 2.96. The van der Waals surface area contributed by atoms with E-state index in [4.69, 9.17) is 10.2 Å². The van der Waals surface area contributed by atoms with Crippen LogP contribution in [0, 0.1) is 5.92 Å². The lowest BCUT2D eigenvalue weighted by atomic mass is 10.0. The molecular formula is C9H13NO2. The molecule has 3 heteroatoms. The van der Waals surface area contributed by atoms with Gasteiger partial charge >= 0.3 is 0 Å². The molecule has 0 saturated carbocycles. The molecule has 1 aromatic heterocycles. The number of hydrogen-bond acceptors (Lipinski definition) is 3. The summed E-state index contributed by atoms with van der Waals surface area (Å²) < 4.78 is 0. The molecule has 0 spiro atoms. The molecular weight excluding hydrogens is 154 g/mol. The fourth-order valence-corrected chi connectivity index (χ4v) is 0.996. The van der Waals surface area contributed by atoms with Gasteiger partial charge in [0.25, 0.3) is 0 Å². The van der Waals surface area contributed by atoms with Crippen molar-refractivity contribution in [1.82, 2.24) is 4.98 Å². The third-order valence-electron chi connectivity index (χ3n) is 1.79. The van der Waals surface area contributed by atoms with Gasteiger partial charge in [0.2, 0.25) is 0 Å². The minimum absolute atomic E-state index is 0.144. The van der Waals surface area contributed by atoms with Gasteiger partial charge in [0.1, 0.15) is 0 Å². The van der Waals surface area contributed by atoms with Gasteiger partial charge in [-0.05, 0) is 18.1 Å². The SMILES string of the molecule is C[C@H](Cc1cccnc1)C(O)O. The zero-order valence-corrected chi connectivity index (χ0v) is 7.01. The number of pyridine rings is 1. The van der Waals surface area contributed by atoms with Gasteiger partial charge < -0.3 is 10.2 Å². The standard InChI is InChI=1S/C9H13NO2/c1-7(9(11)12)5-8-3-2-4-10-6-8/h2-4,6-7,9,11-12H,5H2,1H3/t7-/m1/s1. The summed E-state index contributed by atoms with van der Waals surface area (Å²) in [5.41, 5.74) is 1.03. The van der Waals surface area contributed by atoms with E-state index in [0.717, 1.165) is 5.56 Å². The highest BCUT2D eigenvalue weighted by Gasteiger charge is 2.10. The Morgan fingerprint density at radius 2 is 2.25 bits per heavy atom. The Labute approximate surface area is 71.7 Å². The second kappa shape index (κ2) is 4.18. The average molecular weight is 167 g/mol. The van der Waals surface area contributed by atoms with Crippen LogP contribution in [0.15, 0.2) is 24.5 Å². The molecule has 66 valence electrons. The normalized spacial score (nSPS) is 13.3. The molecule has 0 aromatic carbocycles. The number of rotatable bonds is 3. The van der Waals surface area contributed by atoms with Gasteiger partial charge in [-0.2, -0.15) is 0 Å². The van der Waals surface area contributed by atoms with Gasteiger partial charge in [-0.3, -0.25) is 4.98 Å². The smallest absolute Gasteiger partial charge is 0.154 e. The minimum atomic E-state index is -1.25. The van der Waals surface area contributed by atoms with E-state index in [9.17, 15) is 0 Å². The highest BCUT2D eigenvalue weighted by Crippen LogP contribution is 2.08. The summed E-state index contributed by atoms with van der Waals surface area (Å²) in [6.45, 7) is 1.79. The molecule has 0 unspecified atom stereocenters. The van der Waals surface area contributed by atoms with E-state index in [-0.39, 0.29) is 5.92 Å². The van der Waals surface area contributed by atoms with Crippen molar-refractivity contribution in [3.8, 4) is 0 Å². The van der Waals surface area contributed by atoms with E-state index in [2.05, 4.69) is 4.98 Å². The predicted octanol–water partition coefficient (Wildman–Crippen LogP) is 0.571. The molecule has 0 saturated heterocycles. The summed E-state index contributed by atoms with van der Waals surface area (Å²) in [5, 5.41) is 17.6. The van der Waals surface area contributed by atoms with Crippen LogP contribution in [0.1, 0.15) is 12.5 Å². The van der Waals surface area contributed by atoms with Crippen LogP contribution >= 0.6 is 0 Å². The third kappa shape index (κ3) is 2.60. The van der Waals surface area contributed by atoms with Gasteiger partial charge in [0, 0.05) is 18.3 Å². The van der Waals surface area contributed by atoms with Crippen LogP contribution in [-0.2, 0) is 6.42 Å². The zero-order valence-electron chi connectivity index (χ0n) is 7.01. The summed E-state index contributed by atoms with van der Waals surface area (Å²) in [4.78, 5) is 3.93. The molecule has 0 radical (unpaired) electrons. The highest BCUT2D eigenvalue weighted by molar-refractivity contribution is 5.08. The highest BCUT2D eigenvalue weighted by atomic mass is 16.5. The van der Waals surface area contributed by atoms with Crippen LogP contribution in [0.2, 0.25) is 0 Å². The molecule has 0 fully saturated rings. The lowest BCUT2D eigenvalue weighted by molar-refractivity contribution is -0.0780. The number of aliphatic hydroxyl groups is 2. The average Bonchev–Trinajstić information content (AvgIpc) is 2.06. The first-order valence-electron chi connectivity index (χ1n) is 3.95. The van der Waals surface area contributed by atoms with Gasteiger partial charge in [-0.25, -0.2) is 0 Å². The number of nitrogens with zero attached hydrogens (tertiary/aromatic N) is 1. The van der Waals surface area contributed by atoms with Crippen molar-refractivity contribution in [3.63, 3.8) is 0 Å². The van der Waals surface area contributed by atoms with Crippen molar-refractivity contribution < 1.29 is 10.2 Å². The molecule has 1 aromatic rings. The Morgan fingerprint density at radius 1 is 1.50 bits per heavy atom. The Bertz CT molecular complexity index is 223. The topological polar surface area (TPSA) is 53.4 Å². The van der Waals surface area contributed by atoms with Crippen molar-refractivity contribution in [1.29, 1.82) is 0 Å². The molecule has 2 N–H and O–H groups in total. The van der Waals surface area contributed by atoms with Gasteiger partial charge in [-0.15, -0.1) is 0 Å². The van der Waals surface area contributed by atoms with Crippen LogP contribution in [0.3, 0.4) is 0 Å². The van der Waals surface area contributed by atoms with Crippen molar-refractivity contribution in [2.45, 2.75) is 19.6 Å². The Kier molecular flexibility index (Phi) is 3.19. The fourth-order valence-electron chi connectivity index (χ4n) is 0.996. The summed E-state index contributed by atoms with van der Waals surface area (Å²) in [6.07, 6.45) is 2.83. The Balaban J connectivity index is 2.53. The van der Waals surface area contributed by atoms with Crippen LogP contribution in [0.4, 0.5) is 0 Å². The maximum atomic E-state index is 8.82. The molecule has 1 heterocycles. The molecule has 0 aliphatic heterocycles. The quantitative estimate of drug-likeness (QED) is 0.647. The number of aromatic nitrogens is 1. The third-order valence-corrected chi connectivity index (χ3v) is 1.79. The molecule has 12 heavy (non-hydrogen) atoms. The van der Waals surface area contributed by atoms with E-state index >= 15 is 0 Å². The van der Waals surface area contributed by atoms with Gasteiger partial charge in [0.15, 0.2) is 6.29 Å².